The van der Waals surface area contributed by atoms with Crippen LogP contribution in [-0.2, 0) is 6.54 Å². The molecule has 3 nitrogen and oxygen atoms in total. The quantitative estimate of drug-likeness (QED) is 0.930. The van der Waals surface area contributed by atoms with Gasteiger partial charge in [-0.05, 0) is 39.1 Å². The van der Waals surface area contributed by atoms with Crippen LogP contribution in [0.1, 0.15) is 18.4 Å². The first kappa shape index (κ1) is 13.8. The third kappa shape index (κ3) is 2.87. The van der Waals surface area contributed by atoms with Crippen molar-refractivity contribution in [2.24, 2.45) is 5.73 Å². The minimum Gasteiger partial charge on any atom is -0.370 e. The van der Waals surface area contributed by atoms with E-state index in [4.69, 9.17) is 5.73 Å². The first-order valence-electron chi connectivity index (χ1n) is 6.52. The van der Waals surface area contributed by atoms with Gasteiger partial charge in [-0.25, -0.2) is 0 Å². The second kappa shape index (κ2) is 6.04. The minimum absolute atomic E-state index is 0.583. The second-order valence-electron chi connectivity index (χ2n) is 5.15. The van der Waals surface area contributed by atoms with Gasteiger partial charge in [0, 0.05) is 41.4 Å². The van der Waals surface area contributed by atoms with Gasteiger partial charge in [-0.2, -0.15) is 0 Å². The minimum atomic E-state index is 0.583. The lowest BCUT2D eigenvalue weighted by Gasteiger charge is -2.38. The molecule has 1 fully saturated rings. The van der Waals surface area contributed by atoms with Gasteiger partial charge in [0.1, 0.15) is 0 Å². The molecule has 1 atom stereocenters. The maximum Gasteiger partial charge on any atom is 0.0423 e. The molecule has 100 valence electrons. The van der Waals surface area contributed by atoms with Crippen molar-refractivity contribution in [2.75, 3.05) is 32.1 Å². The molecule has 1 unspecified atom stereocenters. The largest absolute Gasteiger partial charge is 0.370 e. The maximum absolute atomic E-state index is 5.89. The highest BCUT2D eigenvalue weighted by Gasteiger charge is 2.23. The summed E-state index contributed by atoms with van der Waals surface area (Å²) in [5.41, 5.74) is 8.40. The van der Waals surface area contributed by atoms with Crippen LogP contribution in [0.25, 0.3) is 0 Å². The molecule has 1 aliphatic heterocycles. The summed E-state index contributed by atoms with van der Waals surface area (Å²) in [6, 6.07) is 6.99. The molecule has 4 heteroatoms. The average Bonchev–Trinajstić information content (AvgIpc) is 2.38. The number of nitrogens with zero attached hydrogens (tertiary/aromatic N) is 2. The number of hydrogen-bond acceptors (Lipinski definition) is 3. The Morgan fingerprint density at radius 2 is 2.22 bits per heavy atom. The third-order valence-corrected chi connectivity index (χ3v) is 4.51. The summed E-state index contributed by atoms with van der Waals surface area (Å²) in [6.07, 6.45) is 2.54. The molecule has 0 aliphatic carbocycles. The lowest BCUT2D eigenvalue weighted by Crippen LogP contribution is -2.45. The predicted octanol–water partition coefficient (Wildman–Crippen LogP) is 2.44. The maximum atomic E-state index is 5.89. The van der Waals surface area contributed by atoms with E-state index in [0.717, 1.165) is 17.6 Å². The summed E-state index contributed by atoms with van der Waals surface area (Å²) in [7, 11) is 4.33. The summed E-state index contributed by atoms with van der Waals surface area (Å²) in [4.78, 5) is 4.80. The molecule has 1 heterocycles. The number of halogens is 1. The van der Waals surface area contributed by atoms with Crippen LogP contribution in [0.2, 0.25) is 0 Å². The topological polar surface area (TPSA) is 32.5 Å². The van der Waals surface area contributed by atoms with E-state index in [1.165, 1.54) is 24.1 Å². The van der Waals surface area contributed by atoms with Crippen LogP contribution in [0, 0.1) is 0 Å². The Kier molecular flexibility index (Phi) is 4.65. The number of piperidine rings is 1. The number of nitrogens with two attached hydrogens (primary N) is 1. The van der Waals surface area contributed by atoms with Crippen LogP contribution in [0.15, 0.2) is 22.7 Å². The van der Waals surface area contributed by atoms with Crippen molar-refractivity contribution in [1.29, 1.82) is 0 Å². The molecular formula is C14H22BrN3. The van der Waals surface area contributed by atoms with Gasteiger partial charge in [0.15, 0.2) is 0 Å². The van der Waals surface area contributed by atoms with Crippen LogP contribution in [0.3, 0.4) is 0 Å². The van der Waals surface area contributed by atoms with Gasteiger partial charge in [0.25, 0.3) is 0 Å². The molecule has 0 radical (unpaired) electrons. The van der Waals surface area contributed by atoms with Gasteiger partial charge in [-0.15, -0.1) is 0 Å². The van der Waals surface area contributed by atoms with Gasteiger partial charge in [-0.3, -0.25) is 0 Å². The van der Waals surface area contributed by atoms with Gasteiger partial charge < -0.3 is 15.5 Å². The molecule has 0 aromatic heterocycles. The summed E-state index contributed by atoms with van der Waals surface area (Å²) < 4.78 is 1.12. The lowest BCUT2D eigenvalue weighted by molar-refractivity contribution is 0.258. The highest BCUT2D eigenvalue weighted by atomic mass is 79.9. The summed E-state index contributed by atoms with van der Waals surface area (Å²) in [5.74, 6) is 0. The molecule has 2 rings (SSSR count). The zero-order valence-electron chi connectivity index (χ0n) is 11.2. The number of likely N-dealkylation sites (N-methyl/N-ethyl adjacent to an activating group) is 1. The molecule has 0 amide bonds. The van der Waals surface area contributed by atoms with Crippen molar-refractivity contribution in [3.05, 3.63) is 28.2 Å². The fourth-order valence-corrected chi connectivity index (χ4v) is 3.16. The van der Waals surface area contributed by atoms with Crippen LogP contribution in [0.5, 0.6) is 0 Å². The van der Waals surface area contributed by atoms with Crippen LogP contribution in [0.4, 0.5) is 5.69 Å². The number of anilines is 1. The van der Waals surface area contributed by atoms with E-state index < -0.39 is 0 Å². The first-order valence-corrected chi connectivity index (χ1v) is 7.31. The molecule has 1 aromatic carbocycles. The van der Waals surface area contributed by atoms with Gasteiger partial charge in [0.05, 0.1) is 0 Å². The van der Waals surface area contributed by atoms with E-state index in [1.807, 2.05) is 0 Å². The number of hydrogen-bond donors (Lipinski definition) is 1. The summed E-state index contributed by atoms with van der Waals surface area (Å²) in [6.45, 7) is 2.81. The highest BCUT2D eigenvalue weighted by molar-refractivity contribution is 9.10. The fraction of sp³-hybridized carbons (Fsp3) is 0.571. The van der Waals surface area contributed by atoms with E-state index in [9.17, 15) is 0 Å². The Balaban J connectivity index is 2.23. The molecule has 1 saturated heterocycles. The first-order chi connectivity index (χ1) is 8.63. The number of benzene rings is 1. The normalized spacial score (nSPS) is 20.5. The molecule has 2 N–H and O–H groups in total. The lowest BCUT2D eigenvalue weighted by atomic mass is 10.0. The predicted molar refractivity (Wildman–Crippen MR) is 81.0 cm³/mol. The van der Waals surface area contributed by atoms with E-state index in [2.05, 4.69) is 58.0 Å². The smallest absolute Gasteiger partial charge is 0.0423 e. The molecule has 1 aromatic rings. The third-order valence-electron chi connectivity index (χ3n) is 3.77. The molecule has 0 saturated carbocycles. The molecule has 0 spiro atoms. The van der Waals surface area contributed by atoms with Crippen molar-refractivity contribution in [3.8, 4) is 0 Å². The van der Waals surface area contributed by atoms with Crippen LogP contribution in [-0.4, -0.2) is 38.1 Å². The zero-order chi connectivity index (χ0) is 13.1. The van der Waals surface area contributed by atoms with Crippen molar-refractivity contribution >= 4 is 21.6 Å². The summed E-state index contributed by atoms with van der Waals surface area (Å²) in [5, 5.41) is 0. The van der Waals surface area contributed by atoms with Gasteiger partial charge >= 0.3 is 0 Å². The summed E-state index contributed by atoms with van der Waals surface area (Å²) >= 11 is 3.60. The SMILES string of the molecule is CN(C)C1CCCN(c2cccc(Br)c2CN)C1. The van der Waals surface area contributed by atoms with Gasteiger partial charge in [-0.1, -0.05) is 22.0 Å². The standard InChI is InChI=1S/C14H22BrN3/c1-17(2)11-5-4-8-18(10-11)14-7-3-6-13(15)12(14)9-16/h3,6-7,11H,4-5,8-10,16H2,1-2H3. The Bertz CT molecular complexity index is 406. The number of rotatable bonds is 3. The van der Waals surface area contributed by atoms with Crippen molar-refractivity contribution in [2.45, 2.75) is 25.4 Å². The molecule has 0 bridgehead atoms. The molecule has 1 aliphatic rings. The Morgan fingerprint density at radius 3 is 2.89 bits per heavy atom. The van der Waals surface area contributed by atoms with Crippen molar-refractivity contribution in [1.82, 2.24) is 4.90 Å². The average molecular weight is 312 g/mol. The second-order valence-corrected chi connectivity index (χ2v) is 6.00. The zero-order valence-corrected chi connectivity index (χ0v) is 12.8. The van der Waals surface area contributed by atoms with Crippen molar-refractivity contribution < 1.29 is 0 Å². The molecular weight excluding hydrogens is 290 g/mol. The highest BCUT2D eigenvalue weighted by Crippen LogP contribution is 2.30. The van der Waals surface area contributed by atoms with E-state index >= 15 is 0 Å². The van der Waals surface area contributed by atoms with Crippen LogP contribution < -0.4 is 10.6 Å². The monoisotopic (exact) mass is 311 g/mol. The van der Waals surface area contributed by atoms with Crippen molar-refractivity contribution in [3.63, 3.8) is 0 Å². The molecule has 18 heavy (non-hydrogen) atoms. The Labute approximate surface area is 118 Å². The Morgan fingerprint density at radius 1 is 1.44 bits per heavy atom. The van der Waals surface area contributed by atoms with E-state index in [1.54, 1.807) is 0 Å². The fourth-order valence-electron chi connectivity index (χ4n) is 2.64. The van der Waals surface area contributed by atoms with E-state index in [0.29, 0.717) is 12.6 Å². The van der Waals surface area contributed by atoms with Gasteiger partial charge in [0.2, 0.25) is 0 Å². The Hall–Kier alpha value is -0.580. The van der Waals surface area contributed by atoms with Crippen LogP contribution >= 0.6 is 15.9 Å². The van der Waals surface area contributed by atoms with E-state index in [-0.39, 0.29) is 0 Å².